The maximum Gasteiger partial charge on any atom is 0.122 e. The van der Waals surface area contributed by atoms with Crippen molar-refractivity contribution in [2.45, 2.75) is 39.3 Å². The average molecular weight is 309 g/mol. The summed E-state index contributed by atoms with van der Waals surface area (Å²) in [5.74, 6) is 0.814. The van der Waals surface area contributed by atoms with Crippen LogP contribution in [0.5, 0.6) is 5.75 Å². The molecule has 0 saturated carbocycles. The molecule has 0 spiro atoms. The molecule has 0 aliphatic carbocycles. The summed E-state index contributed by atoms with van der Waals surface area (Å²) in [7, 11) is 0. The van der Waals surface area contributed by atoms with E-state index in [9.17, 15) is 5.11 Å². The Morgan fingerprint density at radius 2 is 2.00 bits per heavy atom. The monoisotopic (exact) mass is 308 g/mol. The molecule has 1 atom stereocenters. The van der Waals surface area contributed by atoms with E-state index in [1.165, 1.54) is 0 Å². The number of rotatable bonds is 7. The van der Waals surface area contributed by atoms with Gasteiger partial charge in [-0.1, -0.05) is 37.1 Å². The summed E-state index contributed by atoms with van der Waals surface area (Å²) >= 11 is 6.12. The van der Waals surface area contributed by atoms with Crippen LogP contribution in [0.1, 0.15) is 44.1 Å². The van der Waals surface area contributed by atoms with Gasteiger partial charge in [0, 0.05) is 6.54 Å². The minimum Gasteiger partial charge on any atom is -0.494 e. The predicted octanol–water partition coefficient (Wildman–Crippen LogP) is 3.82. The predicted molar refractivity (Wildman–Crippen MR) is 83.8 cm³/mol. The van der Waals surface area contributed by atoms with Crippen molar-refractivity contribution in [3.05, 3.63) is 46.7 Å². The molecule has 0 saturated heterocycles. The second-order valence-electron chi connectivity index (χ2n) is 4.87. The third-order valence-electron chi connectivity index (χ3n) is 3.35. The minimum atomic E-state index is -0.787. The van der Waals surface area contributed by atoms with Gasteiger partial charge in [0.2, 0.25) is 0 Å². The van der Waals surface area contributed by atoms with E-state index in [0.29, 0.717) is 23.9 Å². The summed E-state index contributed by atoms with van der Waals surface area (Å²) in [6, 6.07) is 7.45. The molecule has 0 amide bonds. The molecule has 1 heterocycles. The first kappa shape index (κ1) is 15.9. The van der Waals surface area contributed by atoms with E-state index in [4.69, 9.17) is 16.3 Å². The summed E-state index contributed by atoms with van der Waals surface area (Å²) in [6.07, 6.45) is 2.92. The molecule has 114 valence electrons. The SMILES string of the molecule is CCCCOc1ccc(C(O)c2c(Cl)cnn2CC)cc1. The van der Waals surface area contributed by atoms with E-state index >= 15 is 0 Å². The molecule has 1 aromatic heterocycles. The fourth-order valence-corrected chi connectivity index (χ4v) is 2.38. The standard InChI is InChI=1S/C16H21ClN2O2/c1-3-5-10-21-13-8-6-12(7-9-13)16(20)15-14(17)11-18-19(15)4-2/h6-9,11,16,20H,3-5,10H2,1-2H3. The largest absolute Gasteiger partial charge is 0.494 e. The number of hydrogen-bond donors (Lipinski definition) is 1. The van der Waals surface area contributed by atoms with Gasteiger partial charge < -0.3 is 9.84 Å². The number of ether oxygens (including phenoxy) is 1. The van der Waals surface area contributed by atoms with Crippen LogP contribution in [-0.2, 0) is 6.54 Å². The van der Waals surface area contributed by atoms with Gasteiger partial charge in [-0.15, -0.1) is 0 Å². The van der Waals surface area contributed by atoms with Crippen LogP contribution in [-0.4, -0.2) is 21.5 Å². The summed E-state index contributed by atoms with van der Waals surface area (Å²) in [5, 5.41) is 15.1. The first-order valence-corrected chi connectivity index (χ1v) is 7.67. The van der Waals surface area contributed by atoms with Gasteiger partial charge in [0.05, 0.1) is 23.5 Å². The number of benzene rings is 1. The molecule has 1 unspecified atom stereocenters. The molecular formula is C16H21ClN2O2. The Kier molecular flexibility index (Phi) is 5.65. The number of aromatic nitrogens is 2. The molecule has 2 aromatic rings. The van der Waals surface area contributed by atoms with Gasteiger partial charge in [0.15, 0.2) is 0 Å². The zero-order chi connectivity index (χ0) is 15.2. The Bertz CT molecular complexity index is 566. The highest BCUT2D eigenvalue weighted by Gasteiger charge is 2.19. The second-order valence-corrected chi connectivity index (χ2v) is 5.27. The van der Waals surface area contributed by atoms with Gasteiger partial charge in [0.1, 0.15) is 11.9 Å². The van der Waals surface area contributed by atoms with Gasteiger partial charge in [0.25, 0.3) is 0 Å². The molecule has 5 heteroatoms. The number of hydrogen-bond acceptors (Lipinski definition) is 3. The van der Waals surface area contributed by atoms with Crippen LogP contribution in [0.3, 0.4) is 0 Å². The van der Waals surface area contributed by atoms with Crippen LogP contribution in [0.2, 0.25) is 5.02 Å². The van der Waals surface area contributed by atoms with Gasteiger partial charge >= 0.3 is 0 Å². The molecule has 0 bridgehead atoms. The lowest BCUT2D eigenvalue weighted by Crippen LogP contribution is -2.09. The van der Waals surface area contributed by atoms with Crippen molar-refractivity contribution in [2.75, 3.05) is 6.61 Å². The topological polar surface area (TPSA) is 47.3 Å². The summed E-state index contributed by atoms with van der Waals surface area (Å²) in [4.78, 5) is 0. The third-order valence-corrected chi connectivity index (χ3v) is 3.65. The van der Waals surface area contributed by atoms with E-state index < -0.39 is 6.10 Å². The fraction of sp³-hybridized carbons (Fsp3) is 0.438. The molecule has 0 aliphatic rings. The number of aliphatic hydroxyl groups is 1. The summed E-state index contributed by atoms with van der Waals surface area (Å²) < 4.78 is 7.32. The normalized spacial score (nSPS) is 12.4. The van der Waals surface area contributed by atoms with Crippen molar-refractivity contribution in [3.63, 3.8) is 0 Å². The Labute approximate surface area is 130 Å². The fourth-order valence-electron chi connectivity index (χ4n) is 2.13. The van der Waals surface area contributed by atoms with Gasteiger partial charge in [-0.3, -0.25) is 4.68 Å². The van der Waals surface area contributed by atoms with Crippen molar-refractivity contribution in [1.82, 2.24) is 9.78 Å². The zero-order valence-electron chi connectivity index (χ0n) is 12.4. The van der Waals surface area contributed by atoms with Crippen LogP contribution < -0.4 is 4.74 Å². The molecule has 1 N–H and O–H groups in total. The molecule has 2 rings (SSSR count). The van der Waals surface area contributed by atoms with Crippen LogP contribution in [0.15, 0.2) is 30.5 Å². The zero-order valence-corrected chi connectivity index (χ0v) is 13.2. The van der Waals surface area contributed by atoms with Gasteiger partial charge in [-0.05, 0) is 31.0 Å². The summed E-state index contributed by atoms with van der Waals surface area (Å²) in [6.45, 7) is 5.47. The molecular weight excluding hydrogens is 288 g/mol. The Morgan fingerprint density at radius 3 is 2.62 bits per heavy atom. The second kappa shape index (κ2) is 7.48. The van der Waals surface area contributed by atoms with Gasteiger partial charge in [-0.25, -0.2) is 0 Å². The first-order valence-electron chi connectivity index (χ1n) is 7.29. The smallest absolute Gasteiger partial charge is 0.122 e. The maximum atomic E-state index is 10.5. The van der Waals surface area contributed by atoms with Crippen LogP contribution in [0.25, 0.3) is 0 Å². The van der Waals surface area contributed by atoms with Crippen molar-refractivity contribution >= 4 is 11.6 Å². The number of aryl methyl sites for hydroxylation is 1. The Morgan fingerprint density at radius 1 is 1.29 bits per heavy atom. The van der Waals surface area contributed by atoms with E-state index in [2.05, 4.69) is 12.0 Å². The lowest BCUT2D eigenvalue weighted by Gasteiger charge is -2.14. The van der Waals surface area contributed by atoms with E-state index in [1.54, 1.807) is 10.9 Å². The maximum absolute atomic E-state index is 10.5. The molecule has 4 nitrogen and oxygen atoms in total. The van der Waals surface area contributed by atoms with Crippen LogP contribution >= 0.6 is 11.6 Å². The number of unbranched alkanes of at least 4 members (excludes halogenated alkanes) is 1. The van der Waals surface area contributed by atoms with Crippen LogP contribution in [0, 0.1) is 0 Å². The molecule has 0 fully saturated rings. The van der Waals surface area contributed by atoms with Crippen molar-refractivity contribution < 1.29 is 9.84 Å². The summed E-state index contributed by atoms with van der Waals surface area (Å²) in [5.41, 5.74) is 1.40. The van der Waals surface area contributed by atoms with Crippen molar-refractivity contribution in [2.24, 2.45) is 0 Å². The third kappa shape index (κ3) is 3.77. The molecule has 21 heavy (non-hydrogen) atoms. The molecule has 1 aromatic carbocycles. The quantitative estimate of drug-likeness (QED) is 0.791. The highest BCUT2D eigenvalue weighted by atomic mass is 35.5. The highest BCUT2D eigenvalue weighted by Crippen LogP contribution is 2.29. The number of aliphatic hydroxyl groups excluding tert-OH is 1. The minimum absolute atomic E-state index is 0.479. The Balaban J connectivity index is 2.12. The molecule has 0 aliphatic heterocycles. The number of nitrogens with zero attached hydrogens (tertiary/aromatic N) is 2. The Hall–Kier alpha value is -1.52. The number of halogens is 1. The van der Waals surface area contributed by atoms with Crippen molar-refractivity contribution in [1.29, 1.82) is 0 Å². The van der Waals surface area contributed by atoms with Gasteiger partial charge in [-0.2, -0.15) is 5.10 Å². The first-order chi connectivity index (χ1) is 10.2. The van der Waals surface area contributed by atoms with E-state index in [-0.39, 0.29) is 0 Å². The van der Waals surface area contributed by atoms with Crippen molar-refractivity contribution in [3.8, 4) is 5.75 Å². The van der Waals surface area contributed by atoms with Crippen LogP contribution in [0.4, 0.5) is 0 Å². The lowest BCUT2D eigenvalue weighted by atomic mass is 10.1. The van der Waals surface area contributed by atoms with E-state index in [0.717, 1.165) is 24.2 Å². The highest BCUT2D eigenvalue weighted by molar-refractivity contribution is 6.31. The lowest BCUT2D eigenvalue weighted by molar-refractivity contribution is 0.208. The molecule has 0 radical (unpaired) electrons. The average Bonchev–Trinajstić information content (AvgIpc) is 2.88. The van der Waals surface area contributed by atoms with E-state index in [1.807, 2.05) is 31.2 Å².